The van der Waals surface area contributed by atoms with Crippen LogP contribution in [0.15, 0.2) is 18.2 Å². The van der Waals surface area contributed by atoms with Gasteiger partial charge in [0.1, 0.15) is 0 Å². The number of rotatable bonds is 7. The lowest BCUT2D eigenvalue weighted by Crippen LogP contribution is -2.37. The van der Waals surface area contributed by atoms with Crippen LogP contribution in [0.4, 0.5) is 4.79 Å². The van der Waals surface area contributed by atoms with Crippen LogP contribution in [0, 0.1) is 5.92 Å². The molecule has 7 nitrogen and oxygen atoms in total. The van der Waals surface area contributed by atoms with E-state index in [1.54, 1.807) is 0 Å². The van der Waals surface area contributed by atoms with Crippen LogP contribution in [0.3, 0.4) is 0 Å². The zero-order valence-corrected chi connectivity index (χ0v) is 13.5. The molecule has 0 fully saturated rings. The lowest BCUT2D eigenvalue weighted by atomic mass is 10.2. The number of carbonyl (C=O) groups excluding carboxylic acids is 2. The van der Waals surface area contributed by atoms with E-state index in [4.69, 9.17) is 9.47 Å². The van der Waals surface area contributed by atoms with Crippen LogP contribution in [0.2, 0.25) is 0 Å². The number of carbonyl (C=O) groups is 2. The molecule has 7 heteroatoms. The van der Waals surface area contributed by atoms with E-state index >= 15 is 0 Å². The van der Waals surface area contributed by atoms with E-state index in [1.807, 2.05) is 32.0 Å². The van der Waals surface area contributed by atoms with Crippen LogP contribution in [-0.4, -0.2) is 31.8 Å². The molecular weight excluding hydrogens is 298 g/mol. The Morgan fingerprint density at radius 1 is 1.09 bits per heavy atom. The minimum absolute atomic E-state index is 0.0204. The van der Waals surface area contributed by atoms with Gasteiger partial charge in [-0.05, 0) is 24.1 Å². The Hall–Kier alpha value is -2.44. The molecule has 0 aliphatic carbocycles. The van der Waals surface area contributed by atoms with Crippen LogP contribution in [0.5, 0.6) is 11.5 Å². The van der Waals surface area contributed by atoms with Crippen molar-refractivity contribution in [1.29, 1.82) is 0 Å². The third-order valence-electron chi connectivity index (χ3n) is 3.35. The van der Waals surface area contributed by atoms with E-state index in [0.717, 1.165) is 11.3 Å². The summed E-state index contributed by atoms with van der Waals surface area (Å²) in [4.78, 5) is 23.0. The van der Waals surface area contributed by atoms with Crippen LogP contribution in [-0.2, 0) is 11.3 Å². The highest BCUT2D eigenvalue weighted by Crippen LogP contribution is 2.32. The van der Waals surface area contributed by atoms with Gasteiger partial charge in [-0.15, -0.1) is 0 Å². The summed E-state index contributed by atoms with van der Waals surface area (Å²) >= 11 is 0. The first-order valence-corrected chi connectivity index (χ1v) is 7.74. The molecule has 1 aliphatic rings. The second-order valence-electron chi connectivity index (χ2n) is 5.60. The molecule has 1 aromatic carbocycles. The number of amides is 3. The Morgan fingerprint density at radius 3 is 2.61 bits per heavy atom. The number of urea groups is 1. The normalized spacial score (nSPS) is 12.1. The summed E-state index contributed by atoms with van der Waals surface area (Å²) in [5, 5.41) is 8.33. The Kier molecular flexibility index (Phi) is 6.08. The molecule has 0 bridgehead atoms. The van der Waals surface area contributed by atoms with E-state index in [0.29, 0.717) is 31.8 Å². The topological polar surface area (TPSA) is 88.7 Å². The van der Waals surface area contributed by atoms with Crippen molar-refractivity contribution in [1.82, 2.24) is 16.0 Å². The van der Waals surface area contributed by atoms with Gasteiger partial charge >= 0.3 is 6.03 Å². The van der Waals surface area contributed by atoms with Crippen molar-refractivity contribution >= 4 is 11.9 Å². The highest BCUT2D eigenvalue weighted by atomic mass is 16.7. The van der Waals surface area contributed by atoms with Gasteiger partial charge in [-0.25, -0.2) is 4.79 Å². The first-order valence-electron chi connectivity index (χ1n) is 7.74. The van der Waals surface area contributed by atoms with Crippen LogP contribution < -0.4 is 25.4 Å². The molecule has 2 rings (SSSR count). The minimum Gasteiger partial charge on any atom is -0.454 e. The number of nitrogens with one attached hydrogen (secondary N) is 3. The summed E-state index contributed by atoms with van der Waals surface area (Å²) in [5.41, 5.74) is 0.939. The Labute approximate surface area is 135 Å². The summed E-state index contributed by atoms with van der Waals surface area (Å²) in [6, 6.07) is 5.33. The number of fused-ring (bicyclic) bond motifs is 1. The number of hydrogen-bond acceptors (Lipinski definition) is 4. The molecule has 126 valence electrons. The van der Waals surface area contributed by atoms with Gasteiger partial charge in [0, 0.05) is 25.6 Å². The van der Waals surface area contributed by atoms with E-state index in [-0.39, 0.29) is 24.6 Å². The Balaban J connectivity index is 1.59. The van der Waals surface area contributed by atoms with E-state index in [9.17, 15) is 9.59 Å². The van der Waals surface area contributed by atoms with Crippen molar-refractivity contribution in [3.8, 4) is 11.5 Å². The maximum Gasteiger partial charge on any atom is 0.315 e. The fourth-order valence-corrected chi connectivity index (χ4v) is 2.00. The summed E-state index contributed by atoms with van der Waals surface area (Å²) in [6.07, 6.45) is 0.690. The quantitative estimate of drug-likeness (QED) is 0.662. The zero-order valence-electron chi connectivity index (χ0n) is 13.5. The highest BCUT2D eigenvalue weighted by molar-refractivity contribution is 5.77. The van der Waals surface area contributed by atoms with Crippen LogP contribution in [0.1, 0.15) is 25.8 Å². The second-order valence-corrected chi connectivity index (χ2v) is 5.60. The summed E-state index contributed by atoms with van der Waals surface area (Å²) in [6.45, 7) is 5.39. The molecule has 1 heterocycles. The van der Waals surface area contributed by atoms with Gasteiger partial charge < -0.3 is 25.4 Å². The molecule has 0 saturated heterocycles. The third-order valence-corrected chi connectivity index (χ3v) is 3.35. The average Bonchev–Trinajstić information content (AvgIpc) is 2.99. The summed E-state index contributed by atoms with van der Waals surface area (Å²) < 4.78 is 10.5. The molecular formula is C16H23N3O4. The highest BCUT2D eigenvalue weighted by Gasteiger charge is 2.13. The fraction of sp³-hybridized carbons (Fsp3) is 0.500. The maximum absolute atomic E-state index is 11.7. The molecule has 0 unspecified atom stereocenters. The maximum atomic E-state index is 11.7. The van der Waals surface area contributed by atoms with Crippen molar-refractivity contribution in [2.75, 3.05) is 19.9 Å². The molecule has 0 radical (unpaired) electrons. The van der Waals surface area contributed by atoms with Gasteiger partial charge in [0.25, 0.3) is 0 Å². The van der Waals surface area contributed by atoms with Gasteiger partial charge in [-0.1, -0.05) is 19.9 Å². The predicted octanol–water partition coefficient (Wildman–Crippen LogP) is 1.38. The van der Waals surface area contributed by atoms with E-state index < -0.39 is 0 Å². The van der Waals surface area contributed by atoms with Gasteiger partial charge in [-0.2, -0.15) is 0 Å². The average molecular weight is 321 g/mol. The van der Waals surface area contributed by atoms with Crippen molar-refractivity contribution in [2.45, 2.75) is 26.8 Å². The summed E-state index contributed by atoms with van der Waals surface area (Å²) in [5.74, 6) is 1.43. The number of hydrogen-bond donors (Lipinski definition) is 3. The van der Waals surface area contributed by atoms with Gasteiger partial charge in [0.05, 0.1) is 0 Å². The molecule has 23 heavy (non-hydrogen) atoms. The second kappa shape index (κ2) is 8.26. The largest absolute Gasteiger partial charge is 0.454 e. The van der Waals surface area contributed by atoms with E-state index in [2.05, 4.69) is 16.0 Å². The predicted molar refractivity (Wildman–Crippen MR) is 85.3 cm³/mol. The van der Waals surface area contributed by atoms with Gasteiger partial charge in [0.15, 0.2) is 11.5 Å². The lowest BCUT2D eigenvalue weighted by Gasteiger charge is -2.09. The molecule has 0 atom stereocenters. The lowest BCUT2D eigenvalue weighted by molar-refractivity contribution is -0.123. The van der Waals surface area contributed by atoms with Crippen molar-refractivity contribution in [3.05, 3.63) is 23.8 Å². The number of benzene rings is 1. The van der Waals surface area contributed by atoms with Crippen molar-refractivity contribution < 1.29 is 19.1 Å². The minimum atomic E-state index is -0.238. The standard InChI is InChI=1S/C16H23N3O4/c1-11(2)15(20)17-6-3-7-18-16(21)19-9-12-4-5-13-14(8-12)23-10-22-13/h4-5,8,11H,3,6-7,9-10H2,1-2H3,(H,17,20)(H2,18,19,21). The molecule has 1 aliphatic heterocycles. The van der Waals surface area contributed by atoms with Crippen molar-refractivity contribution in [2.24, 2.45) is 5.92 Å². The van der Waals surface area contributed by atoms with Gasteiger partial charge in [-0.3, -0.25) is 4.79 Å². The molecule has 0 spiro atoms. The number of ether oxygens (including phenoxy) is 2. The molecule has 1 aromatic rings. The molecule has 3 N–H and O–H groups in total. The first-order chi connectivity index (χ1) is 11.1. The third kappa shape index (κ3) is 5.36. The smallest absolute Gasteiger partial charge is 0.315 e. The SMILES string of the molecule is CC(C)C(=O)NCCCNC(=O)NCc1ccc2c(c1)OCO2. The molecule has 0 aromatic heterocycles. The monoisotopic (exact) mass is 321 g/mol. The summed E-state index contributed by atoms with van der Waals surface area (Å²) in [7, 11) is 0. The Morgan fingerprint density at radius 2 is 1.83 bits per heavy atom. The fourth-order valence-electron chi connectivity index (χ4n) is 2.00. The molecule has 3 amide bonds. The van der Waals surface area contributed by atoms with Crippen LogP contribution in [0.25, 0.3) is 0 Å². The van der Waals surface area contributed by atoms with Crippen LogP contribution >= 0.6 is 0 Å². The van der Waals surface area contributed by atoms with E-state index in [1.165, 1.54) is 0 Å². The van der Waals surface area contributed by atoms with Crippen molar-refractivity contribution in [3.63, 3.8) is 0 Å². The molecule has 0 saturated carbocycles. The Bertz CT molecular complexity index is 560. The van der Waals surface area contributed by atoms with Gasteiger partial charge in [0.2, 0.25) is 12.7 Å². The zero-order chi connectivity index (χ0) is 16.7. The first kappa shape index (κ1) is 16.9.